The Morgan fingerprint density at radius 3 is 2.46 bits per heavy atom. The zero-order valence-corrected chi connectivity index (χ0v) is 19.9. The minimum absolute atomic E-state index is 0.0138. The first kappa shape index (κ1) is 25.6. The second kappa shape index (κ2) is 9.88. The summed E-state index contributed by atoms with van der Waals surface area (Å²) in [5.74, 6) is -0.643. The number of esters is 1. The fourth-order valence-corrected chi connectivity index (χ4v) is 3.53. The molecule has 0 unspecified atom stereocenters. The van der Waals surface area contributed by atoms with E-state index >= 15 is 0 Å². The van der Waals surface area contributed by atoms with Crippen molar-refractivity contribution in [1.82, 2.24) is 19.9 Å². The molecule has 2 heterocycles. The molecular weight excluding hydrogens is 493 g/mol. The number of carbonyl (C=O) groups is 1. The number of benzene rings is 2. The van der Waals surface area contributed by atoms with Crippen LogP contribution in [0.3, 0.4) is 0 Å². The van der Waals surface area contributed by atoms with Gasteiger partial charge in [-0.05, 0) is 55.3 Å². The fraction of sp³-hybridized carbons (Fsp3) is 0.240. The van der Waals surface area contributed by atoms with Crippen molar-refractivity contribution < 1.29 is 32.0 Å². The number of hydrogen-bond donors (Lipinski definition) is 0. The van der Waals surface area contributed by atoms with Crippen LogP contribution >= 0.6 is 0 Å². The van der Waals surface area contributed by atoms with E-state index in [4.69, 9.17) is 9.26 Å². The molecule has 0 aliphatic heterocycles. The highest BCUT2D eigenvalue weighted by Crippen LogP contribution is 2.27. The molecule has 0 saturated heterocycles. The first-order chi connectivity index (χ1) is 17.5. The highest BCUT2D eigenvalue weighted by molar-refractivity contribution is 5.82. The van der Waals surface area contributed by atoms with Crippen LogP contribution in [0, 0.1) is 0 Å². The number of carbonyl (C=O) groups excluding carboxylic acids is 1. The van der Waals surface area contributed by atoms with Gasteiger partial charge in [-0.25, -0.2) is 4.68 Å². The summed E-state index contributed by atoms with van der Waals surface area (Å²) in [5, 5.41) is 8.16. The summed E-state index contributed by atoms with van der Waals surface area (Å²) in [6.07, 6.45) is -4.80. The molecule has 0 spiro atoms. The van der Waals surface area contributed by atoms with Crippen LogP contribution in [-0.2, 0) is 21.5 Å². The van der Waals surface area contributed by atoms with Gasteiger partial charge in [-0.1, -0.05) is 29.4 Å². The van der Waals surface area contributed by atoms with Gasteiger partial charge >= 0.3 is 12.3 Å². The van der Waals surface area contributed by atoms with Crippen molar-refractivity contribution >= 4 is 5.97 Å². The normalized spacial score (nSPS) is 11.8. The minimum Gasteiger partial charge on any atom is -0.468 e. The van der Waals surface area contributed by atoms with Gasteiger partial charge in [-0.2, -0.15) is 10.1 Å². The number of aromatic nitrogens is 4. The lowest BCUT2D eigenvalue weighted by Crippen LogP contribution is -2.30. The summed E-state index contributed by atoms with van der Waals surface area (Å²) in [6, 6.07) is 14.9. The molecule has 0 aliphatic carbocycles. The average Bonchev–Trinajstić information content (AvgIpc) is 3.35. The zero-order chi connectivity index (χ0) is 26.8. The molecule has 9 nitrogen and oxygen atoms in total. The number of hydrogen-bond acceptors (Lipinski definition) is 8. The molecule has 2 aromatic carbocycles. The largest absolute Gasteiger partial charge is 0.573 e. The molecule has 0 saturated carbocycles. The van der Waals surface area contributed by atoms with Crippen LogP contribution in [0.15, 0.2) is 70.0 Å². The quantitative estimate of drug-likeness (QED) is 0.335. The van der Waals surface area contributed by atoms with Gasteiger partial charge in [0.1, 0.15) is 11.4 Å². The van der Waals surface area contributed by atoms with Crippen LogP contribution < -0.4 is 10.3 Å². The van der Waals surface area contributed by atoms with Gasteiger partial charge in [-0.15, -0.1) is 13.2 Å². The first-order valence-corrected chi connectivity index (χ1v) is 10.9. The first-order valence-electron chi connectivity index (χ1n) is 10.9. The summed E-state index contributed by atoms with van der Waals surface area (Å²) in [7, 11) is 1.32. The van der Waals surface area contributed by atoms with Crippen molar-refractivity contribution in [2.45, 2.75) is 32.2 Å². The van der Waals surface area contributed by atoms with Gasteiger partial charge in [0.25, 0.3) is 11.4 Å². The van der Waals surface area contributed by atoms with Crippen LogP contribution in [0.4, 0.5) is 13.2 Å². The summed E-state index contributed by atoms with van der Waals surface area (Å²) < 4.78 is 52.3. The van der Waals surface area contributed by atoms with Gasteiger partial charge in [0.15, 0.2) is 0 Å². The Hall–Kier alpha value is -4.48. The van der Waals surface area contributed by atoms with Crippen molar-refractivity contribution in [3.05, 3.63) is 82.1 Å². The SMILES string of the molecule is COC(=O)C(C)(C)c1cccc(Cn2nc(-c3nc(-c4ccc(OC(F)(F)F)cc4)no3)ccc2=O)c1. The monoisotopic (exact) mass is 514 g/mol. The zero-order valence-electron chi connectivity index (χ0n) is 19.9. The van der Waals surface area contributed by atoms with Crippen LogP contribution in [-0.4, -0.2) is 39.4 Å². The van der Waals surface area contributed by atoms with Crippen molar-refractivity contribution in [2.75, 3.05) is 7.11 Å². The lowest BCUT2D eigenvalue weighted by molar-refractivity contribution is -0.274. The predicted octanol–water partition coefficient (Wildman–Crippen LogP) is 4.36. The lowest BCUT2D eigenvalue weighted by atomic mass is 9.84. The molecule has 0 radical (unpaired) electrons. The van der Waals surface area contributed by atoms with E-state index in [-0.39, 0.29) is 35.3 Å². The van der Waals surface area contributed by atoms with E-state index in [1.807, 2.05) is 0 Å². The Bertz CT molecular complexity index is 1480. The van der Waals surface area contributed by atoms with E-state index < -0.39 is 17.7 Å². The number of nitrogens with zero attached hydrogens (tertiary/aromatic N) is 4. The lowest BCUT2D eigenvalue weighted by Gasteiger charge is -2.22. The molecule has 4 rings (SSSR count). The molecule has 0 atom stereocenters. The van der Waals surface area contributed by atoms with Crippen LogP contribution in [0.25, 0.3) is 23.0 Å². The maximum atomic E-state index is 12.5. The number of ether oxygens (including phenoxy) is 2. The van der Waals surface area contributed by atoms with Gasteiger partial charge in [0.2, 0.25) is 5.82 Å². The third-order valence-electron chi connectivity index (χ3n) is 5.53. The standard InChI is InChI=1S/C25H21F3N4O5/c1-24(2,23(34)35-3)17-6-4-5-15(13-17)14-32-20(33)12-11-19(30-32)22-29-21(31-37-22)16-7-9-18(10-8-16)36-25(26,27)28/h4-13H,14H2,1-3H3. The molecule has 37 heavy (non-hydrogen) atoms. The van der Waals surface area contributed by atoms with E-state index in [9.17, 15) is 22.8 Å². The Morgan fingerprint density at radius 1 is 1.05 bits per heavy atom. The molecule has 0 amide bonds. The maximum absolute atomic E-state index is 12.5. The van der Waals surface area contributed by atoms with E-state index in [0.29, 0.717) is 11.1 Å². The number of rotatable bonds is 7. The van der Waals surface area contributed by atoms with Gasteiger partial charge in [0, 0.05) is 11.6 Å². The second-order valence-corrected chi connectivity index (χ2v) is 8.53. The van der Waals surface area contributed by atoms with Gasteiger partial charge < -0.3 is 14.0 Å². The highest BCUT2D eigenvalue weighted by atomic mass is 19.4. The minimum atomic E-state index is -4.80. The van der Waals surface area contributed by atoms with Gasteiger partial charge in [-0.3, -0.25) is 9.59 Å². The van der Waals surface area contributed by atoms with E-state index in [1.165, 1.54) is 36.1 Å². The molecule has 0 N–H and O–H groups in total. The molecular formula is C25H21F3N4O5. The third kappa shape index (κ3) is 5.85. The Kier molecular flexibility index (Phi) is 6.84. The smallest absolute Gasteiger partial charge is 0.468 e. The highest BCUT2D eigenvalue weighted by Gasteiger charge is 2.31. The Labute approximate surface area is 208 Å². The van der Waals surface area contributed by atoms with E-state index in [2.05, 4.69) is 20.0 Å². The molecule has 2 aromatic heterocycles. The average molecular weight is 514 g/mol. The summed E-state index contributed by atoms with van der Waals surface area (Å²) in [4.78, 5) is 28.9. The van der Waals surface area contributed by atoms with E-state index in [1.54, 1.807) is 38.1 Å². The second-order valence-electron chi connectivity index (χ2n) is 8.53. The molecule has 0 bridgehead atoms. The van der Waals surface area contributed by atoms with E-state index in [0.717, 1.165) is 17.7 Å². The third-order valence-corrected chi connectivity index (χ3v) is 5.53. The molecule has 4 aromatic rings. The fourth-order valence-electron chi connectivity index (χ4n) is 3.53. The molecule has 12 heteroatoms. The Morgan fingerprint density at radius 2 is 1.78 bits per heavy atom. The number of halogens is 3. The van der Waals surface area contributed by atoms with Crippen molar-refractivity contribution in [3.8, 4) is 28.7 Å². The Balaban J connectivity index is 1.56. The summed E-state index contributed by atoms with van der Waals surface area (Å²) in [5.41, 5.74) is 0.802. The number of alkyl halides is 3. The van der Waals surface area contributed by atoms with Crippen molar-refractivity contribution in [2.24, 2.45) is 0 Å². The van der Waals surface area contributed by atoms with Gasteiger partial charge in [0.05, 0.1) is 19.1 Å². The van der Waals surface area contributed by atoms with Crippen molar-refractivity contribution in [1.29, 1.82) is 0 Å². The summed E-state index contributed by atoms with van der Waals surface area (Å²) >= 11 is 0. The van der Waals surface area contributed by atoms with Crippen LogP contribution in [0.1, 0.15) is 25.0 Å². The predicted molar refractivity (Wildman–Crippen MR) is 124 cm³/mol. The van der Waals surface area contributed by atoms with Crippen LogP contribution in [0.5, 0.6) is 5.75 Å². The summed E-state index contributed by atoms with van der Waals surface area (Å²) in [6.45, 7) is 3.60. The molecule has 192 valence electrons. The van der Waals surface area contributed by atoms with Crippen LogP contribution in [0.2, 0.25) is 0 Å². The number of methoxy groups -OCH3 is 1. The molecule has 0 fully saturated rings. The topological polar surface area (TPSA) is 109 Å². The molecule has 0 aliphatic rings. The maximum Gasteiger partial charge on any atom is 0.573 e. The van der Waals surface area contributed by atoms with Crippen molar-refractivity contribution in [3.63, 3.8) is 0 Å².